The van der Waals surface area contributed by atoms with Crippen molar-refractivity contribution in [3.8, 4) is 11.3 Å². The molecule has 1 aromatic heterocycles. The highest BCUT2D eigenvalue weighted by Gasteiger charge is 2.62. The molecule has 0 bridgehead atoms. The number of nitrogens with two attached hydrogens (primary N) is 1. The van der Waals surface area contributed by atoms with E-state index in [2.05, 4.69) is 10.4 Å². The van der Waals surface area contributed by atoms with Gasteiger partial charge in [0.1, 0.15) is 11.5 Å². The van der Waals surface area contributed by atoms with E-state index in [-0.39, 0.29) is 53.2 Å². The van der Waals surface area contributed by atoms with Crippen LogP contribution in [0.3, 0.4) is 0 Å². The van der Waals surface area contributed by atoms with Crippen molar-refractivity contribution >= 4 is 23.5 Å². The maximum absolute atomic E-state index is 13.6. The quantitative estimate of drug-likeness (QED) is 0.723. The summed E-state index contributed by atoms with van der Waals surface area (Å²) in [7, 11) is 0. The number of nitrogens with one attached hydrogen (secondary N) is 1. The van der Waals surface area contributed by atoms with Gasteiger partial charge in [0.25, 0.3) is 5.91 Å². The van der Waals surface area contributed by atoms with E-state index in [1.165, 1.54) is 18.2 Å². The molecule has 1 aromatic carbocycles. The summed E-state index contributed by atoms with van der Waals surface area (Å²) in [6.45, 7) is 0.818. The van der Waals surface area contributed by atoms with Gasteiger partial charge >= 0.3 is 6.03 Å². The van der Waals surface area contributed by atoms with Crippen LogP contribution >= 0.6 is 11.6 Å². The molecular weight excluding hydrogens is 447 g/mol. The molecule has 0 atom stereocenters. The third kappa shape index (κ3) is 3.50. The van der Waals surface area contributed by atoms with E-state index in [1.54, 1.807) is 9.58 Å². The predicted molar refractivity (Wildman–Crippen MR) is 110 cm³/mol. The number of carbonyl (C=O) groups is 2. The summed E-state index contributed by atoms with van der Waals surface area (Å²) in [6, 6.07) is 3.58. The van der Waals surface area contributed by atoms with Gasteiger partial charge in [-0.05, 0) is 36.5 Å². The van der Waals surface area contributed by atoms with Crippen LogP contribution in [-0.4, -0.2) is 45.1 Å². The zero-order valence-electron chi connectivity index (χ0n) is 17.0. The maximum Gasteiger partial charge on any atom is 0.318 e. The largest absolute Gasteiger partial charge is 0.365 e. The Labute approximate surface area is 186 Å². The molecule has 2 saturated carbocycles. The molecule has 11 heteroatoms. The van der Waals surface area contributed by atoms with Crippen molar-refractivity contribution in [2.24, 2.45) is 11.1 Å². The van der Waals surface area contributed by atoms with Crippen molar-refractivity contribution in [3.05, 3.63) is 40.3 Å². The summed E-state index contributed by atoms with van der Waals surface area (Å²) >= 11 is 5.88. The number of amides is 3. The Kier molecular flexibility index (Phi) is 4.70. The number of nitrogens with zero attached hydrogens (tertiary/aromatic N) is 3. The normalized spacial score (nSPS) is 20.9. The lowest BCUT2D eigenvalue weighted by Crippen LogP contribution is -2.61. The van der Waals surface area contributed by atoms with Gasteiger partial charge in [0.15, 0.2) is 0 Å². The Morgan fingerprint density at radius 1 is 1.22 bits per heavy atom. The van der Waals surface area contributed by atoms with E-state index in [0.29, 0.717) is 37.2 Å². The first-order valence-corrected chi connectivity index (χ1v) is 10.7. The van der Waals surface area contributed by atoms with Crippen LogP contribution in [-0.2, 0) is 13.1 Å². The molecule has 2 fully saturated rings. The van der Waals surface area contributed by atoms with Gasteiger partial charge in [-0.1, -0.05) is 11.6 Å². The second-order valence-corrected chi connectivity index (χ2v) is 9.48. The lowest BCUT2D eigenvalue weighted by molar-refractivity contribution is -0.197. The van der Waals surface area contributed by atoms with Gasteiger partial charge in [-0.3, -0.25) is 9.48 Å². The molecular formula is C21H21ClF3N5O2. The number of rotatable bonds is 3. The molecule has 1 aliphatic heterocycles. The molecule has 32 heavy (non-hydrogen) atoms. The third-order valence-electron chi connectivity index (χ3n) is 6.66. The van der Waals surface area contributed by atoms with Crippen LogP contribution in [0.4, 0.5) is 18.0 Å². The van der Waals surface area contributed by atoms with Gasteiger partial charge in [-0.25, -0.2) is 18.0 Å². The molecule has 3 aliphatic rings. The number of aromatic nitrogens is 2. The summed E-state index contributed by atoms with van der Waals surface area (Å²) in [5.41, 5.74) is 6.66. The fourth-order valence-corrected chi connectivity index (χ4v) is 5.46. The molecule has 2 aliphatic carbocycles. The van der Waals surface area contributed by atoms with E-state index in [4.69, 9.17) is 17.3 Å². The number of hydrogen-bond donors (Lipinski definition) is 2. The van der Waals surface area contributed by atoms with Crippen molar-refractivity contribution in [2.45, 2.75) is 50.7 Å². The fraction of sp³-hybridized carbons (Fsp3) is 0.476. The first-order valence-electron chi connectivity index (χ1n) is 10.3. The minimum absolute atomic E-state index is 0.104. The second kappa shape index (κ2) is 7.13. The van der Waals surface area contributed by atoms with Gasteiger partial charge < -0.3 is 16.0 Å². The zero-order chi connectivity index (χ0) is 22.8. The minimum atomic E-state index is -2.57. The van der Waals surface area contributed by atoms with Crippen molar-refractivity contribution in [1.82, 2.24) is 20.0 Å². The summed E-state index contributed by atoms with van der Waals surface area (Å²) in [5, 5.41) is 7.25. The van der Waals surface area contributed by atoms with Crippen molar-refractivity contribution in [2.75, 3.05) is 6.54 Å². The number of hydrogen-bond acceptors (Lipinski definition) is 3. The zero-order valence-corrected chi connectivity index (χ0v) is 17.8. The van der Waals surface area contributed by atoms with Gasteiger partial charge in [-0.2, -0.15) is 5.10 Å². The average Bonchev–Trinajstić information content (AvgIpc) is 3.06. The first kappa shape index (κ1) is 21.1. The summed E-state index contributed by atoms with van der Waals surface area (Å²) in [6.07, 6.45) is 0.908. The summed E-state index contributed by atoms with van der Waals surface area (Å²) in [5.74, 6) is -3.88. The van der Waals surface area contributed by atoms with E-state index in [9.17, 15) is 22.8 Å². The minimum Gasteiger partial charge on any atom is -0.365 e. The van der Waals surface area contributed by atoms with Crippen LogP contribution in [0.5, 0.6) is 0 Å². The molecule has 1 spiro atoms. The maximum atomic E-state index is 13.6. The Balaban J connectivity index is 1.31. The number of carbonyl (C=O) groups excluding carboxylic acids is 2. The van der Waals surface area contributed by atoms with E-state index < -0.39 is 17.6 Å². The molecule has 170 valence electrons. The SMILES string of the molecule is NC(=O)c1c(-c2ccc(F)c(Cl)c2)nn2c1CN(C(=O)NC1CC3(C1)CC(F)(F)C3)CC2. The lowest BCUT2D eigenvalue weighted by atomic mass is 9.52. The highest BCUT2D eigenvalue weighted by atomic mass is 35.5. The fourth-order valence-electron chi connectivity index (χ4n) is 5.28. The number of fused-ring (bicyclic) bond motifs is 1. The molecule has 3 amide bonds. The van der Waals surface area contributed by atoms with Gasteiger partial charge in [0.2, 0.25) is 5.92 Å². The molecule has 3 N–H and O–H groups in total. The smallest absolute Gasteiger partial charge is 0.318 e. The highest BCUT2D eigenvalue weighted by Crippen LogP contribution is 2.62. The Bertz CT molecular complexity index is 1120. The van der Waals surface area contributed by atoms with Gasteiger partial charge in [-0.15, -0.1) is 0 Å². The number of benzene rings is 1. The highest BCUT2D eigenvalue weighted by molar-refractivity contribution is 6.31. The van der Waals surface area contributed by atoms with Crippen molar-refractivity contribution in [3.63, 3.8) is 0 Å². The van der Waals surface area contributed by atoms with Crippen LogP contribution in [0.25, 0.3) is 11.3 Å². The van der Waals surface area contributed by atoms with E-state index in [0.717, 1.165) is 0 Å². The topological polar surface area (TPSA) is 93.2 Å². The average molecular weight is 468 g/mol. The van der Waals surface area contributed by atoms with Crippen LogP contribution in [0.15, 0.2) is 18.2 Å². The van der Waals surface area contributed by atoms with Crippen LogP contribution in [0, 0.1) is 11.2 Å². The molecule has 2 heterocycles. The standard InChI is InChI=1S/C21H21ClF3N5O2/c22-13-5-11(1-2-14(13)23)17-16(18(26)31)15-8-29(3-4-30(15)28-17)19(32)27-12-6-20(7-12)9-21(24,25)10-20/h1-2,5,12H,3-4,6-10H2,(H2,26,31)(H,27,32). The predicted octanol–water partition coefficient (Wildman–Crippen LogP) is 3.54. The number of alkyl halides is 2. The summed E-state index contributed by atoms with van der Waals surface area (Å²) in [4.78, 5) is 26.5. The van der Waals surface area contributed by atoms with Gasteiger partial charge in [0, 0.05) is 31.0 Å². The number of halogens is 4. The molecule has 5 rings (SSSR count). The van der Waals surface area contributed by atoms with Crippen LogP contribution < -0.4 is 11.1 Å². The van der Waals surface area contributed by atoms with Crippen molar-refractivity contribution in [1.29, 1.82) is 0 Å². The monoisotopic (exact) mass is 467 g/mol. The number of urea groups is 1. The third-order valence-corrected chi connectivity index (χ3v) is 6.95. The Hall–Kier alpha value is -2.75. The Morgan fingerprint density at radius 3 is 2.56 bits per heavy atom. The van der Waals surface area contributed by atoms with Crippen LogP contribution in [0.1, 0.15) is 41.7 Å². The lowest BCUT2D eigenvalue weighted by Gasteiger charge is -2.57. The van der Waals surface area contributed by atoms with E-state index in [1.807, 2.05) is 0 Å². The van der Waals surface area contributed by atoms with Crippen LogP contribution in [0.2, 0.25) is 5.02 Å². The second-order valence-electron chi connectivity index (χ2n) is 9.07. The molecule has 2 aromatic rings. The number of primary amides is 1. The molecule has 0 unspecified atom stereocenters. The van der Waals surface area contributed by atoms with Crippen molar-refractivity contribution < 1.29 is 22.8 Å². The Morgan fingerprint density at radius 2 is 1.94 bits per heavy atom. The molecule has 0 radical (unpaired) electrons. The molecule has 0 saturated heterocycles. The van der Waals surface area contributed by atoms with E-state index >= 15 is 0 Å². The molecule has 7 nitrogen and oxygen atoms in total. The first-order chi connectivity index (χ1) is 15.1. The van der Waals surface area contributed by atoms with Gasteiger partial charge in [0.05, 0.1) is 29.4 Å². The summed E-state index contributed by atoms with van der Waals surface area (Å²) < 4.78 is 41.5.